The van der Waals surface area contributed by atoms with Crippen molar-refractivity contribution in [1.29, 1.82) is 0 Å². The number of rotatable bonds is 6. The van der Waals surface area contributed by atoms with Crippen molar-refractivity contribution in [3.05, 3.63) is 41.5 Å². The van der Waals surface area contributed by atoms with Crippen molar-refractivity contribution < 1.29 is 4.79 Å². The summed E-state index contributed by atoms with van der Waals surface area (Å²) in [5, 5.41) is 10.7. The van der Waals surface area contributed by atoms with E-state index < -0.39 is 0 Å². The molecule has 1 aliphatic heterocycles. The predicted molar refractivity (Wildman–Crippen MR) is 93.9 cm³/mol. The number of nitrogens with one attached hydrogen (secondary N) is 2. The lowest BCUT2D eigenvalue weighted by atomic mass is 10.0. The van der Waals surface area contributed by atoms with E-state index in [0.717, 1.165) is 42.4 Å². The molecule has 1 aliphatic rings. The maximum Gasteiger partial charge on any atom is 0.224 e. The normalized spacial score (nSPS) is 17.2. The molecule has 0 spiro atoms. The van der Waals surface area contributed by atoms with Crippen LogP contribution >= 0.6 is 0 Å². The van der Waals surface area contributed by atoms with Gasteiger partial charge in [0.15, 0.2) is 0 Å². The summed E-state index contributed by atoms with van der Waals surface area (Å²) in [6.45, 7) is 6.61. The third-order valence-corrected chi connectivity index (χ3v) is 4.45. The van der Waals surface area contributed by atoms with E-state index in [1.54, 1.807) is 0 Å². The lowest BCUT2D eigenvalue weighted by Crippen LogP contribution is -2.15. The standard InChI is InChI=1S/C18H25N5O/c1-13-20-14(2)23(22-13)12-16-4-3-5-17(10-16)21-18(24)7-6-15-8-9-19-11-15/h3-5,10,15,19H,6-9,11-12H2,1-2H3,(H,21,24). The Hall–Kier alpha value is -2.21. The number of amides is 1. The van der Waals surface area contributed by atoms with Crippen LogP contribution in [0.5, 0.6) is 0 Å². The quantitative estimate of drug-likeness (QED) is 0.854. The number of benzene rings is 1. The molecule has 1 saturated heterocycles. The van der Waals surface area contributed by atoms with Crippen molar-refractivity contribution >= 4 is 11.6 Å². The highest BCUT2D eigenvalue weighted by atomic mass is 16.1. The zero-order chi connectivity index (χ0) is 16.9. The summed E-state index contributed by atoms with van der Waals surface area (Å²) in [5.41, 5.74) is 1.94. The van der Waals surface area contributed by atoms with Crippen LogP contribution in [0.4, 0.5) is 5.69 Å². The number of nitrogens with zero attached hydrogens (tertiary/aromatic N) is 3. The molecular weight excluding hydrogens is 302 g/mol. The molecule has 3 rings (SSSR count). The van der Waals surface area contributed by atoms with Gasteiger partial charge in [0.2, 0.25) is 5.91 Å². The van der Waals surface area contributed by atoms with Crippen molar-refractivity contribution in [3.63, 3.8) is 0 Å². The monoisotopic (exact) mass is 327 g/mol. The maximum atomic E-state index is 12.1. The fraction of sp³-hybridized carbons (Fsp3) is 0.500. The number of carbonyl (C=O) groups is 1. The number of hydrogen-bond donors (Lipinski definition) is 2. The minimum absolute atomic E-state index is 0.0897. The van der Waals surface area contributed by atoms with Crippen LogP contribution in [0.2, 0.25) is 0 Å². The lowest BCUT2D eigenvalue weighted by molar-refractivity contribution is -0.116. The van der Waals surface area contributed by atoms with Crippen LogP contribution in [0.3, 0.4) is 0 Å². The van der Waals surface area contributed by atoms with Crippen molar-refractivity contribution in [2.45, 2.75) is 39.7 Å². The highest BCUT2D eigenvalue weighted by molar-refractivity contribution is 5.90. The SMILES string of the molecule is Cc1nc(C)n(Cc2cccc(NC(=O)CCC3CCNC3)c2)n1. The molecule has 1 aromatic carbocycles. The van der Waals surface area contributed by atoms with Gasteiger partial charge in [-0.3, -0.25) is 4.79 Å². The van der Waals surface area contributed by atoms with Gasteiger partial charge in [-0.05, 0) is 63.4 Å². The highest BCUT2D eigenvalue weighted by Crippen LogP contribution is 2.16. The molecule has 128 valence electrons. The van der Waals surface area contributed by atoms with Gasteiger partial charge in [0.25, 0.3) is 0 Å². The molecule has 1 atom stereocenters. The van der Waals surface area contributed by atoms with Gasteiger partial charge in [-0.25, -0.2) is 9.67 Å². The van der Waals surface area contributed by atoms with Crippen LogP contribution in [0.25, 0.3) is 0 Å². The van der Waals surface area contributed by atoms with Crippen LogP contribution < -0.4 is 10.6 Å². The smallest absolute Gasteiger partial charge is 0.224 e. The molecule has 1 unspecified atom stereocenters. The topological polar surface area (TPSA) is 71.8 Å². The molecule has 0 aliphatic carbocycles. The van der Waals surface area contributed by atoms with Gasteiger partial charge in [-0.1, -0.05) is 12.1 Å². The Morgan fingerprint density at radius 2 is 2.29 bits per heavy atom. The zero-order valence-corrected chi connectivity index (χ0v) is 14.4. The molecular formula is C18H25N5O. The van der Waals surface area contributed by atoms with Gasteiger partial charge in [0.1, 0.15) is 11.6 Å². The van der Waals surface area contributed by atoms with Gasteiger partial charge in [-0.15, -0.1) is 0 Å². The molecule has 2 aromatic rings. The van der Waals surface area contributed by atoms with E-state index in [9.17, 15) is 4.79 Å². The first-order valence-electron chi connectivity index (χ1n) is 8.58. The average Bonchev–Trinajstić information content (AvgIpc) is 3.16. The summed E-state index contributed by atoms with van der Waals surface area (Å²) in [4.78, 5) is 16.5. The largest absolute Gasteiger partial charge is 0.326 e. The third-order valence-electron chi connectivity index (χ3n) is 4.45. The molecule has 1 amide bonds. The lowest BCUT2D eigenvalue weighted by Gasteiger charge is -2.10. The third kappa shape index (κ3) is 4.41. The molecule has 1 aromatic heterocycles. The van der Waals surface area contributed by atoms with Gasteiger partial charge < -0.3 is 10.6 Å². The molecule has 24 heavy (non-hydrogen) atoms. The van der Waals surface area contributed by atoms with E-state index >= 15 is 0 Å². The van der Waals surface area contributed by atoms with Crippen LogP contribution in [0.15, 0.2) is 24.3 Å². The molecule has 2 N–H and O–H groups in total. The summed E-state index contributed by atoms with van der Waals surface area (Å²) in [7, 11) is 0. The Balaban J connectivity index is 1.56. The van der Waals surface area contributed by atoms with E-state index in [-0.39, 0.29) is 5.91 Å². The second kappa shape index (κ2) is 7.57. The van der Waals surface area contributed by atoms with E-state index in [0.29, 0.717) is 18.9 Å². The van der Waals surface area contributed by atoms with Crippen LogP contribution in [-0.2, 0) is 11.3 Å². The molecule has 0 radical (unpaired) electrons. The van der Waals surface area contributed by atoms with Gasteiger partial charge in [0.05, 0.1) is 6.54 Å². The minimum atomic E-state index is 0.0897. The Bertz CT molecular complexity index is 703. The minimum Gasteiger partial charge on any atom is -0.326 e. The molecule has 6 heteroatoms. The summed E-state index contributed by atoms with van der Waals surface area (Å²) < 4.78 is 1.88. The second-order valence-corrected chi connectivity index (χ2v) is 6.51. The van der Waals surface area contributed by atoms with Gasteiger partial charge >= 0.3 is 0 Å². The molecule has 2 heterocycles. The van der Waals surface area contributed by atoms with Crippen LogP contribution in [0.1, 0.15) is 36.5 Å². The Labute approximate surface area is 142 Å². The Kier molecular flexibility index (Phi) is 5.25. The average molecular weight is 327 g/mol. The Morgan fingerprint density at radius 1 is 1.42 bits per heavy atom. The number of anilines is 1. The fourth-order valence-electron chi connectivity index (χ4n) is 3.15. The van der Waals surface area contributed by atoms with E-state index in [1.165, 1.54) is 6.42 Å². The van der Waals surface area contributed by atoms with Crippen LogP contribution in [-0.4, -0.2) is 33.8 Å². The number of aryl methyl sites for hydroxylation is 2. The summed E-state index contributed by atoms with van der Waals surface area (Å²) in [5.74, 6) is 2.40. The summed E-state index contributed by atoms with van der Waals surface area (Å²) >= 11 is 0. The van der Waals surface area contributed by atoms with Crippen molar-refractivity contribution in [2.75, 3.05) is 18.4 Å². The zero-order valence-electron chi connectivity index (χ0n) is 14.4. The number of hydrogen-bond acceptors (Lipinski definition) is 4. The van der Waals surface area contributed by atoms with Crippen LogP contribution in [0, 0.1) is 19.8 Å². The predicted octanol–water partition coefficient (Wildman–Crippen LogP) is 2.27. The summed E-state index contributed by atoms with van der Waals surface area (Å²) in [6.07, 6.45) is 2.72. The maximum absolute atomic E-state index is 12.1. The van der Waals surface area contributed by atoms with Crippen molar-refractivity contribution in [2.24, 2.45) is 5.92 Å². The van der Waals surface area contributed by atoms with E-state index in [4.69, 9.17) is 0 Å². The first-order chi connectivity index (χ1) is 11.6. The summed E-state index contributed by atoms with van der Waals surface area (Å²) in [6, 6.07) is 7.94. The Morgan fingerprint density at radius 3 is 3.00 bits per heavy atom. The van der Waals surface area contributed by atoms with E-state index in [2.05, 4.69) is 20.7 Å². The van der Waals surface area contributed by atoms with Crippen molar-refractivity contribution in [1.82, 2.24) is 20.1 Å². The van der Waals surface area contributed by atoms with Crippen molar-refractivity contribution in [3.8, 4) is 0 Å². The molecule has 1 fully saturated rings. The first kappa shape index (κ1) is 16.6. The highest BCUT2D eigenvalue weighted by Gasteiger charge is 2.15. The van der Waals surface area contributed by atoms with Gasteiger partial charge in [0, 0.05) is 12.1 Å². The number of carbonyl (C=O) groups excluding carboxylic acids is 1. The van der Waals surface area contributed by atoms with E-state index in [1.807, 2.05) is 42.8 Å². The van der Waals surface area contributed by atoms with Gasteiger partial charge in [-0.2, -0.15) is 5.10 Å². The molecule has 0 bridgehead atoms. The second-order valence-electron chi connectivity index (χ2n) is 6.51. The molecule has 6 nitrogen and oxygen atoms in total. The number of aromatic nitrogens is 3. The fourth-order valence-corrected chi connectivity index (χ4v) is 3.15. The molecule has 0 saturated carbocycles. The first-order valence-corrected chi connectivity index (χ1v) is 8.58.